The second-order valence-corrected chi connectivity index (χ2v) is 16.0. The van der Waals surface area contributed by atoms with Gasteiger partial charge in [0.2, 0.25) is 0 Å². The Morgan fingerprint density at radius 2 is 1.28 bits per heavy atom. The molecule has 0 unspecified atom stereocenters. The third kappa shape index (κ3) is 8.51. The molecule has 0 spiro atoms. The first-order chi connectivity index (χ1) is 7.71. The van der Waals surface area contributed by atoms with Gasteiger partial charge in [0.1, 0.15) is 0 Å². The van der Waals surface area contributed by atoms with Gasteiger partial charge >= 0.3 is 21.7 Å². The molecule has 0 amide bonds. The van der Waals surface area contributed by atoms with Crippen LogP contribution in [-0.4, -0.2) is 30.4 Å². The first-order valence-corrected chi connectivity index (χ1v) is 12.8. The van der Waals surface area contributed by atoms with Crippen molar-refractivity contribution in [3.8, 4) is 0 Å². The maximum Gasteiger partial charge on any atom is 3.00 e. The summed E-state index contributed by atoms with van der Waals surface area (Å²) in [6.45, 7) is 14.5. The van der Waals surface area contributed by atoms with Crippen molar-refractivity contribution < 1.29 is 31.9 Å². The molecule has 0 N–H and O–H groups in total. The molecule has 0 aliphatic rings. The summed E-state index contributed by atoms with van der Waals surface area (Å²) < 4.78 is 0. The molecule has 0 heterocycles. The van der Waals surface area contributed by atoms with E-state index in [1.54, 1.807) is 10.4 Å². The Kier molecular flexibility index (Phi) is 13.4. The molecule has 5 heteroatoms. The van der Waals surface area contributed by atoms with Crippen molar-refractivity contribution in [3.63, 3.8) is 0 Å². The Labute approximate surface area is 130 Å². The van der Waals surface area contributed by atoms with Crippen LogP contribution >= 0.6 is 0 Å². The van der Waals surface area contributed by atoms with Crippen LogP contribution in [-0.2, 0) is 21.7 Å². The van der Waals surface area contributed by atoms with Crippen LogP contribution in [0.5, 0.6) is 0 Å². The standard InChI is InChI=1S/C11H21Si2.2CH3O.Ti/c1-12(2,3)10-7-8-11(9-10)13(4,5)6;2*1-2;/h7-9H,1-6H3;2*1H3;/q3*-1;+3. The van der Waals surface area contributed by atoms with E-state index in [0.717, 1.165) is 14.2 Å². The molecule has 0 fully saturated rings. The van der Waals surface area contributed by atoms with Crippen LogP contribution in [0.15, 0.2) is 18.2 Å². The summed E-state index contributed by atoms with van der Waals surface area (Å²) in [5, 5.41) is 19.7. The molecule has 0 saturated carbocycles. The zero-order chi connectivity index (χ0) is 14.3. The fraction of sp³-hybridized carbons (Fsp3) is 0.615. The monoisotopic (exact) mass is 319 g/mol. The van der Waals surface area contributed by atoms with Crippen molar-refractivity contribution in [3.05, 3.63) is 18.2 Å². The maximum absolute atomic E-state index is 8.25. The molecule has 0 saturated heterocycles. The van der Waals surface area contributed by atoms with Gasteiger partial charge in [-0.1, -0.05) is 39.3 Å². The molecular formula is C13H27O2Si2Ti. The van der Waals surface area contributed by atoms with Crippen LogP contribution in [0.3, 0.4) is 0 Å². The van der Waals surface area contributed by atoms with E-state index in [0.29, 0.717) is 0 Å². The van der Waals surface area contributed by atoms with Crippen LogP contribution in [0, 0.1) is 0 Å². The minimum absolute atomic E-state index is 0. The predicted molar refractivity (Wildman–Crippen MR) is 79.8 cm³/mol. The predicted octanol–water partition coefficient (Wildman–Crippen LogP) is 0.446. The smallest absolute Gasteiger partial charge is 0.857 e. The van der Waals surface area contributed by atoms with Gasteiger partial charge in [0.25, 0.3) is 0 Å². The first-order valence-electron chi connectivity index (χ1n) is 5.80. The summed E-state index contributed by atoms with van der Waals surface area (Å²) >= 11 is 0. The van der Waals surface area contributed by atoms with Gasteiger partial charge in [0.15, 0.2) is 0 Å². The number of hydrogen-bond acceptors (Lipinski definition) is 2. The average molecular weight is 319 g/mol. The van der Waals surface area contributed by atoms with E-state index >= 15 is 0 Å². The average Bonchev–Trinajstić information content (AvgIpc) is 2.71. The third-order valence-electron chi connectivity index (χ3n) is 2.49. The molecule has 0 aromatic heterocycles. The van der Waals surface area contributed by atoms with Gasteiger partial charge in [-0.05, 0) is 0 Å². The molecule has 0 atom stereocenters. The Morgan fingerprint density at radius 1 is 0.889 bits per heavy atom. The molecule has 1 rings (SSSR count). The SMILES string of the molecule is C[O-].C[O-].C[Si](C)(C)c1cc[c-]([Si](C)(C)C)c1.[Ti+3]. The molecular weight excluding hydrogens is 292 g/mol. The summed E-state index contributed by atoms with van der Waals surface area (Å²) in [5.74, 6) is 0. The van der Waals surface area contributed by atoms with Crippen LogP contribution < -0.4 is 20.6 Å². The van der Waals surface area contributed by atoms with Gasteiger partial charge in [0.05, 0.1) is 0 Å². The normalized spacial score (nSPS) is 10.3. The van der Waals surface area contributed by atoms with Gasteiger partial charge in [-0.25, -0.2) is 11.3 Å². The largest absolute Gasteiger partial charge is 3.00 e. The molecule has 2 nitrogen and oxygen atoms in total. The van der Waals surface area contributed by atoms with Crippen molar-refractivity contribution in [2.45, 2.75) is 39.3 Å². The maximum atomic E-state index is 8.25. The molecule has 0 bridgehead atoms. The molecule has 0 aliphatic carbocycles. The van der Waals surface area contributed by atoms with E-state index in [2.05, 4.69) is 57.5 Å². The van der Waals surface area contributed by atoms with E-state index in [-0.39, 0.29) is 21.7 Å². The van der Waals surface area contributed by atoms with E-state index in [9.17, 15) is 0 Å². The Morgan fingerprint density at radius 3 is 1.44 bits per heavy atom. The Hall–Kier alpha value is 0.418. The summed E-state index contributed by atoms with van der Waals surface area (Å²) in [4.78, 5) is 0. The van der Waals surface area contributed by atoms with Crippen molar-refractivity contribution in [1.82, 2.24) is 0 Å². The van der Waals surface area contributed by atoms with Crippen molar-refractivity contribution in [1.29, 1.82) is 0 Å². The van der Waals surface area contributed by atoms with Gasteiger partial charge in [0, 0.05) is 16.1 Å². The zero-order valence-electron chi connectivity index (χ0n) is 13.0. The molecule has 103 valence electrons. The number of rotatable bonds is 2. The molecule has 1 radical (unpaired) electrons. The summed E-state index contributed by atoms with van der Waals surface area (Å²) in [6, 6.07) is 7.15. The van der Waals surface area contributed by atoms with E-state index in [1.807, 2.05) is 0 Å². The van der Waals surface area contributed by atoms with E-state index in [4.69, 9.17) is 10.2 Å². The van der Waals surface area contributed by atoms with E-state index < -0.39 is 16.1 Å². The van der Waals surface area contributed by atoms with Gasteiger partial charge in [-0.2, -0.15) is 31.5 Å². The van der Waals surface area contributed by atoms with Crippen molar-refractivity contribution in [2.24, 2.45) is 0 Å². The fourth-order valence-electron chi connectivity index (χ4n) is 1.38. The van der Waals surface area contributed by atoms with Gasteiger partial charge in [-0.15, -0.1) is 0 Å². The second kappa shape index (κ2) is 10.2. The third-order valence-corrected chi connectivity index (χ3v) is 6.57. The quantitative estimate of drug-likeness (QED) is 0.587. The fourth-order valence-corrected chi connectivity index (χ4v) is 3.86. The van der Waals surface area contributed by atoms with Crippen molar-refractivity contribution in [2.75, 3.05) is 14.2 Å². The van der Waals surface area contributed by atoms with Crippen LogP contribution in [0.2, 0.25) is 39.3 Å². The number of hydrogen-bond donors (Lipinski definition) is 0. The van der Waals surface area contributed by atoms with Crippen LogP contribution in [0.1, 0.15) is 0 Å². The molecule has 1 aromatic rings. The van der Waals surface area contributed by atoms with Crippen LogP contribution in [0.4, 0.5) is 0 Å². The Balaban J connectivity index is -0.000000409. The molecule has 0 aliphatic heterocycles. The van der Waals surface area contributed by atoms with Gasteiger partial charge in [-0.3, -0.25) is 0 Å². The minimum Gasteiger partial charge on any atom is -0.857 e. The van der Waals surface area contributed by atoms with Crippen molar-refractivity contribution >= 4 is 26.5 Å². The van der Waals surface area contributed by atoms with Gasteiger partial charge < -0.3 is 10.2 Å². The first kappa shape index (κ1) is 23.5. The van der Waals surface area contributed by atoms with Crippen LogP contribution in [0.25, 0.3) is 0 Å². The molecule has 18 heavy (non-hydrogen) atoms. The minimum atomic E-state index is -1.07. The Bertz CT molecular complexity index is 270. The second-order valence-electron chi connectivity index (χ2n) is 5.89. The van der Waals surface area contributed by atoms with E-state index in [1.165, 1.54) is 0 Å². The summed E-state index contributed by atoms with van der Waals surface area (Å²) in [6.07, 6.45) is 0. The summed E-state index contributed by atoms with van der Waals surface area (Å²) in [7, 11) is -0.638. The topological polar surface area (TPSA) is 46.1 Å². The zero-order valence-corrected chi connectivity index (χ0v) is 16.6. The summed E-state index contributed by atoms with van der Waals surface area (Å²) in [5.41, 5.74) is 0. The molecule has 1 aromatic carbocycles.